The van der Waals surface area contributed by atoms with Crippen molar-refractivity contribution in [3.05, 3.63) is 60.7 Å². The van der Waals surface area contributed by atoms with Crippen molar-refractivity contribution in [2.45, 2.75) is 57.7 Å². The molecule has 0 spiro atoms. The second-order valence-electron chi connectivity index (χ2n) is 6.52. The van der Waals surface area contributed by atoms with Crippen molar-refractivity contribution in [2.75, 3.05) is 0 Å². The van der Waals surface area contributed by atoms with E-state index in [1.54, 1.807) is 24.3 Å². The van der Waals surface area contributed by atoms with Crippen LogP contribution in [0.1, 0.15) is 45.4 Å². The standard InChI is InChI=1S/C16H22O3.C6H6O/c1-13-12-15(19-14-8-4-2-5-9-14)10-6-3-7-11-16(17)18-13;7-6-4-2-1-3-5-6/h2,4-5,8-9,13,15H,3,6-7,10-12H2,1H3;1-5,7H. The smallest absolute Gasteiger partial charge is 0.306 e. The van der Waals surface area contributed by atoms with Gasteiger partial charge in [0.05, 0.1) is 0 Å². The van der Waals surface area contributed by atoms with Crippen LogP contribution in [0.4, 0.5) is 0 Å². The zero-order chi connectivity index (χ0) is 18.6. The number of aromatic hydroxyl groups is 1. The van der Waals surface area contributed by atoms with Crippen LogP contribution in [0.25, 0.3) is 0 Å². The molecule has 0 bridgehead atoms. The van der Waals surface area contributed by atoms with Crippen molar-refractivity contribution in [3.63, 3.8) is 0 Å². The molecule has 4 heteroatoms. The Labute approximate surface area is 155 Å². The fourth-order valence-corrected chi connectivity index (χ4v) is 2.86. The highest BCUT2D eigenvalue weighted by Crippen LogP contribution is 2.20. The molecule has 0 saturated carbocycles. The van der Waals surface area contributed by atoms with Gasteiger partial charge in [0.1, 0.15) is 23.7 Å². The SMILES string of the molecule is CC1CC(Oc2ccccc2)CCCCCC(=O)O1.Oc1ccccc1. The van der Waals surface area contributed by atoms with Gasteiger partial charge in [-0.15, -0.1) is 0 Å². The first-order valence-corrected chi connectivity index (χ1v) is 9.28. The Kier molecular flexibility index (Phi) is 8.53. The average Bonchev–Trinajstić information content (AvgIpc) is 2.63. The molecule has 3 rings (SSSR count). The summed E-state index contributed by atoms with van der Waals surface area (Å²) in [5, 5.41) is 8.63. The fraction of sp³-hybridized carbons (Fsp3) is 0.409. The van der Waals surface area contributed by atoms with Crippen LogP contribution in [0, 0.1) is 0 Å². The Morgan fingerprint density at radius 1 is 0.962 bits per heavy atom. The molecule has 1 N–H and O–H groups in total. The van der Waals surface area contributed by atoms with E-state index in [9.17, 15) is 4.79 Å². The lowest BCUT2D eigenvalue weighted by molar-refractivity contribution is -0.149. The third-order valence-electron chi connectivity index (χ3n) is 4.14. The van der Waals surface area contributed by atoms with Crippen molar-refractivity contribution in [3.8, 4) is 11.5 Å². The lowest BCUT2D eigenvalue weighted by atomic mass is 10.0. The number of hydrogen-bond acceptors (Lipinski definition) is 4. The largest absolute Gasteiger partial charge is 0.508 e. The molecule has 2 unspecified atom stereocenters. The zero-order valence-electron chi connectivity index (χ0n) is 15.3. The third-order valence-corrected chi connectivity index (χ3v) is 4.14. The van der Waals surface area contributed by atoms with Gasteiger partial charge in [-0.25, -0.2) is 0 Å². The van der Waals surface area contributed by atoms with Gasteiger partial charge in [0.25, 0.3) is 0 Å². The molecule has 1 aliphatic rings. The normalized spacial score (nSPS) is 20.9. The Hall–Kier alpha value is -2.49. The number of cyclic esters (lactones) is 1. The van der Waals surface area contributed by atoms with Gasteiger partial charge in [-0.1, -0.05) is 42.8 Å². The molecule has 140 valence electrons. The molecular formula is C22H28O4. The maximum atomic E-state index is 11.5. The maximum Gasteiger partial charge on any atom is 0.306 e. The second-order valence-corrected chi connectivity index (χ2v) is 6.52. The molecule has 2 atom stereocenters. The molecule has 1 heterocycles. The number of carbonyl (C=O) groups excluding carboxylic acids is 1. The number of ether oxygens (including phenoxy) is 2. The summed E-state index contributed by atoms with van der Waals surface area (Å²) in [6.07, 6.45) is 5.49. The molecule has 26 heavy (non-hydrogen) atoms. The summed E-state index contributed by atoms with van der Waals surface area (Å²) in [5.41, 5.74) is 0. The van der Waals surface area contributed by atoms with Crippen molar-refractivity contribution in [1.82, 2.24) is 0 Å². The number of hydrogen-bond donors (Lipinski definition) is 1. The number of para-hydroxylation sites is 2. The highest BCUT2D eigenvalue weighted by molar-refractivity contribution is 5.69. The summed E-state index contributed by atoms with van der Waals surface area (Å²) in [4.78, 5) is 11.5. The molecule has 0 aliphatic carbocycles. The first-order valence-electron chi connectivity index (χ1n) is 9.28. The minimum absolute atomic E-state index is 0.0701. The van der Waals surface area contributed by atoms with Crippen molar-refractivity contribution in [2.24, 2.45) is 0 Å². The van der Waals surface area contributed by atoms with Crippen LogP contribution >= 0.6 is 0 Å². The van der Waals surface area contributed by atoms with Gasteiger partial charge in [-0.2, -0.15) is 0 Å². The lowest BCUT2D eigenvalue weighted by Crippen LogP contribution is -2.26. The van der Waals surface area contributed by atoms with E-state index in [4.69, 9.17) is 14.6 Å². The summed E-state index contributed by atoms with van der Waals surface area (Å²) in [6.45, 7) is 1.95. The van der Waals surface area contributed by atoms with E-state index in [2.05, 4.69) is 0 Å². The third kappa shape index (κ3) is 8.06. The molecule has 1 aliphatic heterocycles. The number of phenols is 1. The molecule has 0 radical (unpaired) electrons. The van der Waals surface area contributed by atoms with Crippen LogP contribution in [0.3, 0.4) is 0 Å². The van der Waals surface area contributed by atoms with E-state index in [1.807, 2.05) is 43.3 Å². The number of rotatable bonds is 2. The number of phenolic OH excluding ortho intramolecular Hbond substituents is 1. The van der Waals surface area contributed by atoms with Gasteiger partial charge in [0.15, 0.2) is 0 Å². The molecule has 1 fully saturated rings. The van der Waals surface area contributed by atoms with Gasteiger partial charge in [-0.3, -0.25) is 4.79 Å². The van der Waals surface area contributed by atoms with Crippen LogP contribution in [0.15, 0.2) is 60.7 Å². The Balaban J connectivity index is 0.000000290. The summed E-state index contributed by atoms with van der Waals surface area (Å²) in [5.74, 6) is 1.14. The minimum atomic E-state index is -0.0761. The molecule has 2 aromatic carbocycles. The van der Waals surface area contributed by atoms with E-state index in [1.165, 1.54) is 0 Å². The van der Waals surface area contributed by atoms with Crippen molar-refractivity contribution >= 4 is 5.97 Å². The summed E-state index contributed by atoms with van der Waals surface area (Å²) in [7, 11) is 0. The van der Waals surface area contributed by atoms with Gasteiger partial charge in [-0.05, 0) is 50.5 Å². The molecule has 1 saturated heterocycles. The molecule has 2 aromatic rings. The average molecular weight is 356 g/mol. The predicted octanol–water partition coefficient (Wildman–Crippen LogP) is 5.11. The second kappa shape index (κ2) is 11.2. The Bertz CT molecular complexity index is 627. The monoisotopic (exact) mass is 356 g/mol. The highest BCUT2D eigenvalue weighted by Gasteiger charge is 2.19. The quantitative estimate of drug-likeness (QED) is 0.760. The van der Waals surface area contributed by atoms with Crippen LogP contribution in [-0.2, 0) is 9.53 Å². The summed E-state index contributed by atoms with van der Waals surface area (Å²) < 4.78 is 11.4. The minimum Gasteiger partial charge on any atom is -0.508 e. The zero-order valence-corrected chi connectivity index (χ0v) is 15.3. The van der Waals surface area contributed by atoms with Gasteiger partial charge in [0.2, 0.25) is 0 Å². The van der Waals surface area contributed by atoms with E-state index < -0.39 is 0 Å². The van der Waals surface area contributed by atoms with E-state index >= 15 is 0 Å². The van der Waals surface area contributed by atoms with Crippen LogP contribution in [-0.4, -0.2) is 23.3 Å². The van der Waals surface area contributed by atoms with Crippen LogP contribution in [0.5, 0.6) is 11.5 Å². The number of carbonyl (C=O) groups is 1. The van der Waals surface area contributed by atoms with Crippen LogP contribution < -0.4 is 4.74 Å². The first-order chi connectivity index (χ1) is 12.6. The van der Waals surface area contributed by atoms with Gasteiger partial charge < -0.3 is 14.6 Å². The van der Waals surface area contributed by atoms with Crippen molar-refractivity contribution in [1.29, 1.82) is 0 Å². The number of esters is 1. The Morgan fingerprint density at radius 2 is 1.62 bits per heavy atom. The van der Waals surface area contributed by atoms with Crippen molar-refractivity contribution < 1.29 is 19.4 Å². The lowest BCUT2D eigenvalue weighted by Gasteiger charge is -2.24. The topological polar surface area (TPSA) is 55.8 Å². The van der Waals surface area contributed by atoms with Gasteiger partial charge in [0, 0.05) is 12.8 Å². The fourth-order valence-electron chi connectivity index (χ4n) is 2.86. The summed E-state index contributed by atoms with van der Waals surface area (Å²) in [6, 6.07) is 18.6. The number of benzene rings is 2. The van der Waals surface area contributed by atoms with E-state index in [0.29, 0.717) is 12.2 Å². The summed E-state index contributed by atoms with van der Waals surface area (Å²) >= 11 is 0. The first kappa shape index (κ1) is 19.8. The molecule has 4 nitrogen and oxygen atoms in total. The molecular weight excluding hydrogens is 328 g/mol. The Morgan fingerprint density at radius 3 is 2.23 bits per heavy atom. The molecule has 0 amide bonds. The predicted molar refractivity (Wildman–Crippen MR) is 102 cm³/mol. The molecule has 0 aromatic heterocycles. The van der Waals surface area contributed by atoms with Gasteiger partial charge >= 0.3 is 5.97 Å². The van der Waals surface area contributed by atoms with Crippen LogP contribution in [0.2, 0.25) is 0 Å². The van der Waals surface area contributed by atoms with E-state index in [-0.39, 0.29) is 18.2 Å². The maximum absolute atomic E-state index is 11.5. The highest BCUT2D eigenvalue weighted by atomic mass is 16.5. The van der Waals surface area contributed by atoms with E-state index in [0.717, 1.165) is 37.9 Å².